The Bertz CT molecular complexity index is 108. The first-order valence-corrected chi connectivity index (χ1v) is 3.92. The van der Waals surface area contributed by atoms with Gasteiger partial charge in [-0.3, -0.25) is 4.90 Å². The van der Waals surface area contributed by atoms with Crippen molar-refractivity contribution >= 4 is 0 Å². The van der Waals surface area contributed by atoms with E-state index in [9.17, 15) is 0 Å². The van der Waals surface area contributed by atoms with Crippen LogP contribution in [-0.4, -0.2) is 60.7 Å². The van der Waals surface area contributed by atoms with Crippen LogP contribution in [0.5, 0.6) is 0 Å². The van der Waals surface area contributed by atoms with E-state index in [-0.39, 0.29) is 19.3 Å². The van der Waals surface area contributed by atoms with Gasteiger partial charge in [0.05, 0.1) is 25.9 Å². The summed E-state index contributed by atoms with van der Waals surface area (Å²) in [5, 5.41) is 17.4. The molecule has 0 spiro atoms. The molecule has 0 aromatic carbocycles. The average molecular weight is 161 g/mol. The van der Waals surface area contributed by atoms with Crippen LogP contribution in [0.1, 0.15) is 0 Å². The normalized spacial score (nSPS) is 27.3. The topological polar surface area (TPSA) is 52.9 Å². The largest absolute Gasteiger partial charge is 0.395 e. The van der Waals surface area contributed by atoms with Crippen LogP contribution in [0.3, 0.4) is 0 Å². The van der Waals surface area contributed by atoms with Gasteiger partial charge in [-0.05, 0) is 0 Å². The van der Waals surface area contributed by atoms with E-state index in [1.807, 2.05) is 0 Å². The van der Waals surface area contributed by atoms with E-state index in [1.54, 1.807) is 0 Å². The Morgan fingerprint density at radius 2 is 2.27 bits per heavy atom. The van der Waals surface area contributed by atoms with Crippen LogP contribution in [0.4, 0.5) is 0 Å². The van der Waals surface area contributed by atoms with E-state index in [4.69, 9.17) is 14.9 Å². The Morgan fingerprint density at radius 1 is 1.45 bits per heavy atom. The molecule has 0 radical (unpaired) electrons. The third-order valence-electron chi connectivity index (χ3n) is 1.84. The van der Waals surface area contributed by atoms with Gasteiger partial charge in [0.1, 0.15) is 0 Å². The molecule has 1 rings (SSSR count). The minimum atomic E-state index is -0.0599. The highest BCUT2D eigenvalue weighted by Crippen LogP contribution is 2.03. The summed E-state index contributed by atoms with van der Waals surface area (Å²) >= 11 is 0. The van der Waals surface area contributed by atoms with E-state index in [0.29, 0.717) is 13.2 Å². The van der Waals surface area contributed by atoms with Crippen LogP contribution in [-0.2, 0) is 4.74 Å². The fourth-order valence-electron chi connectivity index (χ4n) is 1.24. The molecule has 1 saturated heterocycles. The molecule has 11 heavy (non-hydrogen) atoms. The Kier molecular flexibility index (Phi) is 3.79. The summed E-state index contributed by atoms with van der Waals surface area (Å²) in [5.74, 6) is 0. The SMILES string of the molecule is OCCN1CCOC(CO)C1. The molecule has 1 atom stereocenters. The second-order valence-electron chi connectivity index (χ2n) is 2.70. The molecule has 1 heterocycles. The van der Waals surface area contributed by atoms with E-state index in [2.05, 4.69) is 4.90 Å². The summed E-state index contributed by atoms with van der Waals surface area (Å²) in [6.45, 7) is 3.18. The molecule has 0 bridgehead atoms. The Labute approximate surface area is 66.4 Å². The van der Waals surface area contributed by atoms with Crippen molar-refractivity contribution in [3.8, 4) is 0 Å². The third-order valence-corrected chi connectivity index (χ3v) is 1.84. The molecular weight excluding hydrogens is 146 g/mol. The van der Waals surface area contributed by atoms with E-state index < -0.39 is 0 Å². The quantitative estimate of drug-likeness (QED) is 0.538. The van der Waals surface area contributed by atoms with Crippen LogP contribution < -0.4 is 0 Å². The van der Waals surface area contributed by atoms with Gasteiger partial charge in [-0.15, -0.1) is 0 Å². The third kappa shape index (κ3) is 2.75. The first-order chi connectivity index (χ1) is 5.36. The van der Waals surface area contributed by atoms with Gasteiger partial charge in [-0.2, -0.15) is 0 Å². The average Bonchev–Trinajstić information content (AvgIpc) is 2.06. The van der Waals surface area contributed by atoms with Crippen LogP contribution in [0.2, 0.25) is 0 Å². The predicted molar refractivity (Wildman–Crippen MR) is 40.4 cm³/mol. The summed E-state index contributed by atoms with van der Waals surface area (Å²) in [6.07, 6.45) is -0.0599. The number of hydrogen-bond acceptors (Lipinski definition) is 4. The van der Waals surface area contributed by atoms with Gasteiger partial charge in [-0.25, -0.2) is 0 Å². The molecular formula is C7H15NO3. The fraction of sp³-hybridized carbons (Fsp3) is 1.00. The highest BCUT2D eigenvalue weighted by atomic mass is 16.5. The Morgan fingerprint density at radius 3 is 2.91 bits per heavy atom. The number of β-amino-alcohol motifs (C(OH)–C–C–N with tert-alkyl or cyclic N) is 1. The standard InChI is InChI=1S/C7H15NO3/c9-3-1-8-2-4-11-7(5-8)6-10/h7,9-10H,1-6H2. The predicted octanol–water partition coefficient (Wildman–Crippen LogP) is -1.33. The van der Waals surface area contributed by atoms with Crippen molar-refractivity contribution in [2.24, 2.45) is 0 Å². The molecule has 0 aliphatic carbocycles. The number of aliphatic hydroxyl groups is 2. The first-order valence-electron chi connectivity index (χ1n) is 3.92. The lowest BCUT2D eigenvalue weighted by molar-refractivity contribution is -0.0554. The van der Waals surface area contributed by atoms with E-state index in [0.717, 1.165) is 13.1 Å². The molecule has 1 aliphatic heterocycles. The smallest absolute Gasteiger partial charge is 0.0932 e. The van der Waals surface area contributed by atoms with Crippen molar-refractivity contribution in [2.45, 2.75) is 6.10 Å². The van der Waals surface area contributed by atoms with Gasteiger partial charge in [-0.1, -0.05) is 0 Å². The first kappa shape index (κ1) is 8.93. The van der Waals surface area contributed by atoms with Crippen molar-refractivity contribution in [2.75, 3.05) is 39.5 Å². The monoisotopic (exact) mass is 161 g/mol. The highest BCUT2D eigenvalue weighted by Gasteiger charge is 2.18. The van der Waals surface area contributed by atoms with Gasteiger partial charge in [0.2, 0.25) is 0 Å². The summed E-state index contributed by atoms with van der Waals surface area (Å²) in [6, 6.07) is 0. The Balaban J connectivity index is 2.21. The minimum Gasteiger partial charge on any atom is -0.395 e. The summed E-state index contributed by atoms with van der Waals surface area (Å²) in [7, 11) is 0. The summed E-state index contributed by atoms with van der Waals surface area (Å²) < 4.78 is 5.23. The van der Waals surface area contributed by atoms with Gasteiger partial charge >= 0.3 is 0 Å². The maximum Gasteiger partial charge on any atom is 0.0932 e. The summed E-state index contributed by atoms with van der Waals surface area (Å²) in [5.41, 5.74) is 0. The molecule has 1 aliphatic rings. The number of morpholine rings is 1. The van der Waals surface area contributed by atoms with Crippen molar-refractivity contribution in [1.82, 2.24) is 4.90 Å². The van der Waals surface area contributed by atoms with Gasteiger partial charge in [0.15, 0.2) is 0 Å². The maximum absolute atomic E-state index is 8.76. The zero-order valence-electron chi connectivity index (χ0n) is 6.57. The van der Waals surface area contributed by atoms with Crippen molar-refractivity contribution in [3.63, 3.8) is 0 Å². The molecule has 66 valence electrons. The fourth-order valence-corrected chi connectivity index (χ4v) is 1.24. The second-order valence-corrected chi connectivity index (χ2v) is 2.70. The zero-order valence-corrected chi connectivity index (χ0v) is 6.57. The van der Waals surface area contributed by atoms with Crippen molar-refractivity contribution < 1.29 is 14.9 Å². The molecule has 1 fully saturated rings. The van der Waals surface area contributed by atoms with Gasteiger partial charge in [0, 0.05) is 19.6 Å². The van der Waals surface area contributed by atoms with Gasteiger partial charge in [0.25, 0.3) is 0 Å². The lowest BCUT2D eigenvalue weighted by atomic mass is 10.3. The molecule has 0 amide bonds. The lowest BCUT2D eigenvalue weighted by Crippen LogP contribution is -2.44. The van der Waals surface area contributed by atoms with Crippen LogP contribution in [0.15, 0.2) is 0 Å². The number of nitrogens with zero attached hydrogens (tertiary/aromatic N) is 1. The number of rotatable bonds is 3. The maximum atomic E-state index is 8.76. The number of ether oxygens (including phenoxy) is 1. The molecule has 0 aromatic heterocycles. The van der Waals surface area contributed by atoms with Crippen molar-refractivity contribution in [1.29, 1.82) is 0 Å². The molecule has 4 nitrogen and oxygen atoms in total. The van der Waals surface area contributed by atoms with Gasteiger partial charge < -0.3 is 14.9 Å². The molecule has 0 aromatic rings. The minimum absolute atomic E-state index is 0.0599. The van der Waals surface area contributed by atoms with E-state index in [1.165, 1.54) is 0 Å². The summed E-state index contributed by atoms with van der Waals surface area (Å²) in [4.78, 5) is 2.09. The zero-order chi connectivity index (χ0) is 8.10. The van der Waals surface area contributed by atoms with Crippen LogP contribution in [0, 0.1) is 0 Å². The molecule has 1 unspecified atom stereocenters. The lowest BCUT2D eigenvalue weighted by Gasteiger charge is -2.31. The van der Waals surface area contributed by atoms with Crippen LogP contribution in [0.25, 0.3) is 0 Å². The van der Waals surface area contributed by atoms with Crippen molar-refractivity contribution in [3.05, 3.63) is 0 Å². The number of aliphatic hydroxyl groups excluding tert-OH is 2. The van der Waals surface area contributed by atoms with E-state index >= 15 is 0 Å². The molecule has 0 saturated carbocycles. The Hall–Kier alpha value is -0.160. The molecule has 4 heteroatoms. The highest BCUT2D eigenvalue weighted by molar-refractivity contribution is 4.69. The second kappa shape index (κ2) is 4.66. The number of hydrogen-bond donors (Lipinski definition) is 2. The van der Waals surface area contributed by atoms with Crippen LogP contribution >= 0.6 is 0 Å². The molecule has 2 N–H and O–H groups in total.